The lowest BCUT2D eigenvalue weighted by atomic mass is 10.0. The molecular formula is C13H11NO4. The molecular weight excluding hydrogens is 234 g/mol. The Balaban J connectivity index is 2.52. The van der Waals surface area contributed by atoms with Crippen molar-refractivity contribution in [1.29, 1.82) is 0 Å². The second kappa shape index (κ2) is 4.67. The molecule has 0 saturated heterocycles. The molecule has 0 amide bonds. The summed E-state index contributed by atoms with van der Waals surface area (Å²) in [4.78, 5) is 0. The van der Waals surface area contributed by atoms with Gasteiger partial charge in [0.25, 0.3) is 0 Å². The third-order valence-electron chi connectivity index (χ3n) is 2.48. The quantitative estimate of drug-likeness (QED) is 0.282. The molecule has 0 aliphatic rings. The zero-order valence-electron chi connectivity index (χ0n) is 9.28. The number of hydrogen-bond acceptors (Lipinski definition) is 5. The van der Waals surface area contributed by atoms with E-state index in [4.69, 9.17) is 5.21 Å². The number of aromatic hydroxyl groups is 3. The SMILES string of the molecule is ON=C(c1ccc(O)cc1)c1cc(O)ccc1O. The molecule has 4 N–H and O–H groups in total. The van der Waals surface area contributed by atoms with Crippen molar-refractivity contribution >= 4 is 5.71 Å². The summed E-state index contributed by atoms with van der Waals surface area (Å²) in [5.41, 5.74) is 0.794. The van der Waals surface area contributed by atoms with E-state index in [2.05, 4.69) is 5.16 Å². The van der Waals surface area contributed by atoms with Gasteiger partial charge in [0.2, 0.25) is 0 Å². The highest BCUT2D eigenvalue weighted by molar-refractivity contribution is 6.14. The molecule has 0 aromatic heterocycles. The van der Waals surface area contributed by atoms with Crippen molar-refractivity contribution in [1.82, 2.24) is 0 Å². The van der Waals surface area contributed by atoms with Crippen LogP contribution >= 0.6 is 0 Å². The van der Waals surface area contributed by atoms with Gasteiger partial charge in [0.1, 0.15) is 23.0 Å². The first-order valence-electron chi connectivity index (χ1n) is 5.15. The molecule has 5 heteroatoms. The Labute approximate surface area is 103 Å². The van der Waals surface area contributed by atoms with Gasteiger partial charge in [-0.15, -0.1) is 0 Å². The Kier molecular flexibility index (Phi) is 3.05. The van der Waals surface area contributed by atoms with Crippen molar-refractivity contribution in [2.45, 2.75) is 0 Å². The second-order valence-corrected chi connectivity index (χ2v) is 3.70. The van der Waals surface area contributed by atoms with Crippen LogP contribution in [0, 0.1) is 0 Å². The van der Waals surface area contributed by atoms with Crippen LogP contribution in [0.2, 0.25) is 0 Å². The molecule has 5 nitrogen and oxygen atoms in total. The van der Waals surface area contributed by atoms with Crippen LogP contribution in [0.4, 0.5) is 0 Å². The molecule has 18 heavy (non-hydrogen) atoms. The van der Waals surface area contributed by atoms with Crippen molar-refractivity contribution < 1.29 is 20.5 Å². The molecule has 0 radical (unpaired) electrons. The molecule has 0 heterocycles. The fourth-order valence-corrected chi connectivity index (χ4v) is 1.60. The average Bonchev–Trinajstić information content (AvgIpc) is 2.37. The van der Waals surface area contributed by atoms with Crippen LogP contribution in [0.1, 0.15) is 11.1 Å². The van der Waals surface area contributed by atoms with E-state index in [0.29, 0.717) is 5.56 Å². The zero-order valence-corrected chi connectivity index (χ0v) is 9.28. The largest absolute Gasteiger partial charge is 0.508 e. The lowest BCUT2D eigenvalue weighted by Crippen LogP contribution is -2.03. The summed E-state index contributed by atoms with van der Waals surface area (Å²) >= 11 is 0. The normalized spacial score (nSPS) is 11.4. The summed E-state index contributed by atoms with van der Waals surface area (Å²) in [7, 11) is 0. The third kappa shape index (κ3) is 2.20. The van der Waals surface area contributed by atoms with Crippen LogP contribution < -0.4 is 0 Å². The lowest BCUT2D eigenvalue weighted by molar-refractivity contribution is 0.319. The number of rotatable bonds is 2. The van der Waals surface area contributed by atoms with E-state index < -0.39 is 0 Å². The maximum Gasteiger partial charge on any atom is 0.125 e. The summed E-state index contributed by atoms with van der Waals surface area (Å²) < 4.78 is 0. The Bertz CT molecular complexity index is 590. The van der Waals surface area contributed by atoms with E-state index in [0.717, 1.165) is 0 Å². The number of phenolic OH excluding ortho intramolecular Hbond substituents is 3. The van der Waals surface area contributed by atoms with Gasteiger partial charge >= 0.3 is 0 Å². The molecule has 0 unspecified atom stereocenters. The number of oxime groups is 1. The molecule has 0 aliphatic heterocycles. The average molecular weight is 245 g/mol. The highest BCUT2D eigenvalue weighted by Gasteiger charge is 2.13. The molecule has 0 saturated carbocycles. The van der Waals surface area contributed by atoms with E-state index in [1.807, 2.05) is 0 Å². The minimum absolute atomic E-state index is 0.0530. The number of benzene rings is 2. The molecule has 2 aromatic carbocycles. The first-order valence-corrected chi connectivity index (χ1v) is 5.15. The first-order chi connectivity index (χ1) is 8.61. The molecule has 2 rings (SSSR count). The predicted octanol–water partition coefficient (Wildman–Crippen LogP) is 2.03. The first kappa shape index (κ1) is 11.8. The van der Waals surface area contributed by atoms with Crippen molar-refractivity contribution in [3.63, 3.8) is 0 Å². The van der Waals surface area contributed by atoms with Crippen LogP contribution in [-0.4, -0.2) is 26.2 Å². The topological polar surface area (TPSA) is 93.3 Å². The number of phenols is 3. The zero-order chi connectivity index (χ0) is 13.1. The molecule has 0 atom stereocenters. The fraction of sp³-hybridized carbons (Fsp3) is 0. The second-order valence-electron chi connectivity index (χ2n) is 3.70. The fourth-order valence-electron chi connectivity index (χ4n) is 1.60. The van der Waals surface area contributed by atoms with Gasteiger partial charge in [-0.2, -0.15) is 0 Å². The van der Waals surface area contributed by atoms with Gasteiger partial charge in [-0.3, -0.25) is 0 Å². The molecule has 0 spiro atoms. The minimum atomic E-state index is -0.117. The molecule has 92 valence electrons. The van der Waals surface area contributed by atoms with Gasteiger partial charge in [-0.1, -0.05) is 5.16 Å². The highest BCUT2D eigenvalue weighted by Crippen LogP contribution is 2.25. The van der Waals surface area contributed by atoms with Crippen molar-refractivity contribution in [3.05, 3.63) is 53.6 Å². The van der Waals surface area contributed by atoms with Crippen LogP contribution in [0.25, 0.3) is 0 Å². The summed E-state index contributed by atoms with van der Waals surface area (Å²) in [5.74, 6) is -0.0902. The van der Waals surface area contributed by atoms with Crippen LogP contribution in [0.5, 0.6) is 17.2 Å². The third-order valence-corrected chi connectivity index (χ3v) is 2.48. The molecule has 0 fully saturated rings. The van der Waals surface area contributed by atoms with E-state index in [9.17, 15) is 15.3 Å². The Hall–Kier alpha value is -2.69. The van der Waals surface area contributed by atoms with Gasteiger partial charge in [0.15, 0.2) is 0 Å². The number of nitrogens with zero attached hydrogens (tertiary/aromatic N) is 1. The van der Waals surface area contributed by atoms with E-state index in [1.165, 1.54) is 42.5 Å². The molecule has 0 aliphatic carbocycles. The van der Waals surface area contributed by atoms with Crippen LogP contribution in [0.3, 0.4) is 0 Å². The monoisotopic (exact) mass is 245 g/mol. The van der Waals surface area contributed by atoms with E-state index >= 15 is 0 Å². The summed E-state index contributed by atoms with van der Waals surface area (Å²) in [6.07, 6.45) is 0. The van der Waals surface area contributed by atoms with Crippen molar-refractivity contribution in [2.24, 2.45) is 5.16 Å². The minimum Gasteiger partial charge on any atom is -0.508 e. The van der Waals surface area contributed by atoms with E-state index in [1.54, 1.807) is 0 Å². The van der Waals surface area contributed by atoms with Crippen molar-refractivity contribution in [2.75, 3.05) is 0 Å². The standard InChI is InChI=1S/C13H11NO4/c15-9-3-1-8(2-4-9)13(14-18)11-7-10(16)5-6-12(11)17/h1-7,15-18H. The van der Waals surface area contributed by atoms with Gasteiger partial charge in [0, 0.05) is 11.1 Å². The smallest absolute Gasteiger partial charge is 0.125 e. The molecule has 0 bridgehead atoms. The Morgan fingerprint density at radius 3 is 2.06 bits per heavy atom. The summed E-state index contributed by atoms with van der Waals surface area (Å²) in [5, 5.41) is 40.4. The van der Waals surface area contributed by atoms with Gasteiger partial charge in [-0.05, 0) is 42.5 Å². The van der Waals surface area contributed by atoms with Gasteiger partial charge < -0.3 is 20.5 Å². The van der Waals surface area contributed by atoms with Crippen LogP contribution in [-0.2, 0) is 0 Å². The van der Waals surface area contributed by atoms with E-state index in [-0.39, 0.29) is 28.5 Å². The Morgan fingerprint density at radius 2 is 1.44 bits per heavy atom. The Morgan fingerprint density at radius 1 is 0.833 bits per heavy atom. The lowest BCUT2D eigenvalue weighted by Gasteiger charge is -2.07. The van der Waals surface area contributed by atoms with Crippen LogP contribution in [0.15, 0.2) is 47.6 Å². The maximum absolute atomic E-state index is 9.70. The summed E-state index contributed by atoms with van der Waals surface area (Å²) in [6, 6.07) is 9.85. The van der Waals surface area contributed by atoms with Crippen molar-refractivity contribution in [3.8, 4) is 17.2 Å². The van der Waals surface area contributed by atoms with Gasteiger partial charge in [-0.25, -0.2) is 0 Å². The highest BCUT2D eigenvalue weighted by atomic mass is 16.4. The molecule has 2 aromatic rings. The predicted molar refractivity (Wildman–Crippen MR) is 65.3 cm³/mol. The maximum atomic E-state index is 9.70. The number of hydrogen-bond donors (Lipinski definition) is 4. The van der Waals surface area contributed by atoms with Gasteiger partial charge in [0.05, 0.1) is 0 Å². The summed E-state index contributed by atoms with van der Waals surface area (Å²) in [6.45, 7) is 0.